The van der Waals surface area contributed by atoms with Gasteiger partial charge in [-0.2, -0.15) is 0 Å². The number of fused-ring (bicyclic) bond motifs is 3. The van der Waals surface area contributed by atoms with E-state index in [2.05, 4.69) is 34.9 Å². The molecule has 7 nitrogen and oxygen atoms in total. The molecule has 3 aliphatic carbocycles. The third-order valence-corrected chi connectivity index (χ3v) is 8.05. The van der Waals surface area contributed by atoms with Gasteiger partial charge in [-0.1, -0.05) is 55.0 Å². The maximum Gasteiger partial charge on any atom is 0.407 e. The van der Waals surface area contributed by atoms with Crippen LogP contribution < -0.4 is 10.6 Å². The molecule has 2 aromatic rings. The van der Waals surface area contributed by atoms with Gasteiger partial charge in [-0.3, -0.25) is 9.59 Å². The lowest BCUT2D eigenvalue weighted by atomic mass is 9.68. The van der Waals surface area contributed by atoms with Crippen molar-refractivity contribution in [3.8, 4) is 11.1 Å². The predicted molar refractivity (Wildman–Crippen MR) is 131 cm³/mol. The molecule has 0 spiro atoms. The fourth-order valence-corrected chi connectivity index (χ4v) is 5.96. The molecule has 0 aromatic heterocycles. The SMILES string of the molecule is O=C(O)C[C@@H]1CC[C@H](NC(=O)C2(CNC(=O)OCC3c4ccccc4-c4ccccc43)CCC2)C1. The monoisotopic (exact) mass is 476 g/mol. The molecule has 0 aliphatic heterocycles. The lowest BCUT2D eigenvalue weighted by Crippen LogP contribution is -2.54. The molecule has 0 bridgehead atoms. The highest BCUT2D eigenvalue weighted by Gasteiger charge is 2.45. The van der Waals surface area contributed by atoms with E-state index in [9.17, 15) is 14.4 Å². The number of rotatable bonds is 8. The summed E-state index contributed by atoms with van der Waals surface area (Å²) in [5.41, 5.74) is 4.08. The molecule has 2 saturated carbocycles. The number of hydrogen-bond acceptors (Lipinski definition) is 4. The van der Waals surface area contributed by atoms with Gasteiger partial charge in [0.1, 0.15) is 6.61 Å². The van der Waals surface area contributed by atoms with Crippen LogP contribution in [0, 0.1) is 11.3 Å². The molecule has 0 unspecified atom stereocenters. The zero-order valence-electron chi connectivity index (χ0n) is 19.8. The van der Waals surface area contributed by atoms with Crippen molar-refractivity contribution in [2.24, 2.45) is 11.3 Å². The first-order chi connectivity index (χ1) is 16.9. The van der Waals surface area contributed by atoms with Gasteiger partial charge in [0.25, 0.3) is 0 Å². The Morgan fingerprint density at radius 2 is 1.63 bits per heavy atom. The first-order valence-corrected chi connectivity index (χ1v) is 12.6. The molecule has 7 heteroatoms. The topological polar surface area (TPSA) is 105 Å². The number of hydrogen-bond donors (Lipinski definition) is 3. The Morgan fingerprint density at radius 3 is 2.23 bits per heavy atom. The number of carbonyl (C=O) groups is 3. The van der Waals surface area contributed by atoms with E-state index in [-0.39, 0.29) is 43.4 Å². The molecule has 3 N–H and O–H groups in total. The number of ether oxygens (including phenoxy) is 1. The van der Waals surface area contributed by atoms with Crippen molar-refractivity contribution in [3.05, 3.63) is 59.7 Å². The number of amides is 2. The number of carboxylic acids is 1. The number of carbonyl (C=O) groups excluding carboxylic acids is 2. The number of alkyl carbamates (subject to hydrolysis) is 1. The van der Waals surface area contributed by atoms with Crippen molar-refractivity contribution in [2.45, 2.75) is 56.9 Å². The molecule has 0 radical (unpaired) electrons. The van der Waals surface area contributed by atoms with Gasteiger partial charge in [-0.05, 0) is 60.3 Å². The summed E-state index contributed by atoms with van der Waals surface area (Å²) in [7, 11) is 0. The Kier molecular flexibility index (Phi) is 6.50. The van der Waals surface area contributed by atoms with Crippen LogP contribution in [0.5, 0.6) is 0 Å². The van der Waals surface area contributed by atoms with Gasteiger partial charge < -0.3 is 20.5 Å². The maximum atomic E-state index is 13.1. The first kappa shape index (κ1) is 23.4. The first-order valence-electron chi connectivity index (χ1n) is 12.6. The van der Waals surface area contributed by atoms with E-state index in [1.165, 1.54) is 11.1 Å². The predicted octanol–water partition coefficient (Wildman–Crippen LogP) is 4.46. The quantitative estimate of drug-likeness (QED) is 0.522. The normalized spacial score (nSPS) is 21.9. The summed E-state index contributed by atoms with van der Waals surface area (Å²) in [4.78, 5) is 36.6. The van der Waals surface area contributed by atoms with Gasteiger partial charge in [-0.15, -0.1) is 0 Å². The van der Waals surface area contributed by atoms with Crippen molar-refractivity contribution in [1.29, 1.82) is 0 Å². The number of carboxylic acid groups (broad SMARTS) is 1. The highest BCUT2D eigenvalue weighted by Crippen LogP contribution is 2.45. The van der Waals surface area contributed by atoms with Gasteiger partial charge in [0.15, 0.2) is 0 Å². The van der Waals surface area contributed by atoms with Crippen molar-refractivity contribution in [1.82, 2.24) is 10.6 Å². The molecule has 3 aliphatic rings. The Balaban J connectivity index is 1.14. The van der Waals surface area contributed by atoms with Crippen molar-refractivity contribution >= 4 is 18.0 Å². The van der Waals surface area contributed by atoms with Crippen LogP contribution in [0.25, 0.3) is 11.1 Å². The van der Waals surface area contributed by atoms with Crippen molar-refractivity contribution in [2.75, 3.05) is 13.2 Å². The van der Waals surface area contributed by atoms with Crippen LogP contribution in [0.3, 0.4) is 0 Å². The van der Waals surface area contributed by atoms with Gasteiger partial charge in [0, 0.05) is 24.9 Å². The third-order valence-electron chi connectivity index (χ3n) is 8.05. The minimum absolute atomic E-state index is 0.00442. The summed E-state index contributed by atoms with van der Waals surface area (Å²) in [5, 5.41) is 15.0. The average molecular weight is 477 g/mol. The Morgan fingerprint density at radius 1 is 0.971 bits per heavy atom. The standard InChI is InChI=1S/C28H32N2O5/c31-25(32)15-18-10-11-19(14-18)30-26(33)28(12-5-13-28)17-29-27(34)35-16-24-22-8-3-1-6-20(22)21-7-2-4-9-23(21)24/h1-4,6-9,18-19,24H,5,10-17H2,(H,29,34)(H,30,33)(H,31,32)/t18-,19+/m1/s1. The maximum absolute atomic E-state index is 13.1. The van der Waals surface area contributed by atoms with E-state index in [1.54, 1.807) is 0 Å². The summed E-state index contributed by atoms with van der Waals surface area (Å²) >= 11 is 0. The molecule has 0 heterocycles. The summed E-state index contributed by atoms with van der Waals surface area (Å²) in [6.07, 6.45) is 4.39. The minimum atomic E-state index is -0.787. The summed E-state index contributed by atoms with van der Waals surface area (Å²) < 4.78 is 5.63. The van der Waals surface area contributed by atoms with Crippen molar-refractivity contribution < 1.29 is 24.2 Å². The third kappa shape index (κ3) is 4.77. The molecule has 35 heavy (non-hydrogen) atoms. The molecule has 2 aromatic carbocycles. The molecule has 5 rings (SSSR count). The van der Waals surface area contributed by atoms with E-state index < -0.39 is 17.5 Å². The summed E-state index contributed by atoms with van der Waals surface area (Å²) in [6.45, 7) is 0.493. The number of benzene rings is 2. The van der Waals surface area contributed by atoms with E-state index in [0.29, 0.717) is 6.42 Å². The second-order valence-corrected chi connectivity index (χ2v) is 10.3. The molecule has 184 valence electrons. The molecule has 0 saturated heterocycles. The van der Waals surface area contributed by atoms with Crippen LogP contribution >= 0.6 is 0 Å². The molecule has 2 amide bonds. The van der Waals surface area contributed by atoms with Gasteiger partial charge in [-0.25, -0.2) is 4.79 Å². The zero-order valence-corrected chi connectivity index (χ0v) is 19.8. The van der Waals surface area contributed by atoms with Crippen LogP contribution in [0.2, 0.25) is 0 Å². The average Bonchev–Trinajstić information content (AvgIpc) is 3.38. The smallest absolute Gasteiger partial charge is 0.407 e. The zero-order chi connectivity index (χ0) is 24.4. The minimum Gasteiger partial charge on any atom is -0.481 e. The van der Waals surface area contributed by atoms with Gasteiger partial charge in [0.2, 0.25) is 5.91 Å². The van der Waals surface area contributed by atoms with Crippen molar-refractivity contribution in [3.63, 3.8) is 0 Å². The van der Waals surface area contributed by atoms with E-state index in [0.717, 1.165) is 43.2 Å². The van der Waals surface area contributed by atoms with Crippen LogP contribution in [0.15, 0.2) is 48.5 Å². The summed E-state index contributed by atoms with van der Waals surface area (Å²) in [6, 6.07) is 16.4. The lowest BCUT2D eigenvalue weighted by Gasteiger charge is -2.40. The second kappa shape index (κ2) is 9.72. The Hall–Kier alpha value is -3.35. The highest BCUT2D eigenvalue weighted by atomic mass is 16.5. The molecule has 2 atom stereocenters. The Labute approximate surface area is 205 Å². The van der Waals surface area contributed by atoms with E-state index in [1.807, 2.05) is 24.3 Å². The van der Waals surface area contributed by atoms with E-state index in [4.69, 9.17) is 9.84 Å². The Bertz CT molecular complexity index is 1080. The number of nitrogens with one attached hydrogen (secondary N) is 2. The van der Waals surface area contributed by atoms with Crippen LogP contribution in [-0.4, -0.2) is 42.3 Å². The fourth-order valence-electron chi connectivity index (χ4n) is 5.96. The fraction of sp³-hybridized carbons (Fsp3) is 0.464. The van der Waals surface area contributed by atoms with Crippen LogP contribution in [0.1, 0.15) is 62.0 Å². The van der Waals surface area contributed by atoms with Gasteiger partial charge in [0.05, 0.1) is 5.41 Å². The number of aliphatic carboxylic acids is 1. The van der Waals surface area contributed by atoms with Crippen LogP contribution in [0.4, 0.5) is 4.79 Å². The largest absolute Gasteiger partial charge is 0.481 e. The lowest BCUT2D eigenvalue weighted by molar-refractivity contribution is -0.138. The van der Waals surface area contributed by atoms with Crippen LogP contribution in [-0.2, 0) is 14.3 Å². The van der Waals surface area contributed by atoms with Gasteiger partial charge >= 0.3 is 12.1 Å². The second-order valence-electron chi connectivity index (χ2n) is 10.3. The molecule has 2 fully saturated rings. The molecular formula is C28H32N2O5. The summed E-state index contributed by atoms with van der Waals surface area (Å²) in [5.74, 6) is -0.710. The molecular weight excluding hydrogens is 444 g/mol. The highest BCUT2D eigenvalue weighted by molar-refractivity contribution is 5.85. The van der Waals surface area contributed by atoms with E-state index >= 15 is 0 Å².